The van der Waals surface area contributed by atoms with Gasteiger partial charge in [-0.3, -0.25) is 4.79 Å². The van der Waals surface area contributed by atoms with Crippen LogP contribution in [0.2, 0.25) is 0 Å². The van der Waals surface area contributed by atoms with Gasteiger partial charge in [0, 0.05) is 25.9 Å². The summed E-state index contributed by atoms with van der Waals surface area (Å²) in [4.78, 5) is 13.7. The first-order valence-electron chi connectivity index (χ1n) is 9.32. The molecule has 1 amide bonds. The first-order chi connectivity index (χ1) is 12.7. The number of carbonyl (C=O) groups is 1. The van der Waals surface area contributed by atoms with Crippen LogP contribution in [0, 0.1) is 0 Å². The molecular formula is C20H30N2O4S. The van der Waals surface area contributed by atoms with E-state index in [1.807, 2.05) is 50.3 Å². The molecule has 0 aromatic heterocycles. The SMILES string of the molecule is C/C=C/c1ccc([C@H]2[C@@H](CO)N(S(C)(=O)=O)[C@H]2CN(CCC)C(C)=O)cc1. The molecule has 1 N–H and O–H groups in total. The van der Waals surface area contributed by atoms with Crippen LogP contribution >= 0.6 is 0 Å². The summed E-state index contributed by atoms with van der Waals surface area (Å²) in [6, 6.07) is 7.05. The van der Waals surface area contributed by atoms with Gasteiger partial charge in [0.1, 0.15) is 0 Å². The van der Waals surface area contributed by atoms with Crippen molar-refractivity contribution >= 4 is 22.0 Å². The topological polar surface area (TPSA) is 77.9 Å². The van der Waals surface area contributed by atoms with E-state index < -0.39 is 16.1 Å². The molecule has 0 bridgehead atoms. The molecular weight excluding hydrogens is 364 g/mol. The largest absolute Gasteiger partial charge is 0.395 e. The standard InChI is InChI=1S/C20H30N2O4S/c1-5-7-16-8-10-17(11-9-16)20-18(13-21(12-6-2)15(3)24)22(19(20)14-23)27(4,25)26/h5,7-11,18-20,23H,6,12-14H2,1-4H3/b7-5+/t18-,19+,20+/m0/s1. The van der Waals surface area contributed by atoms with Crippen LogP contribution in [0.3, 0.4) is 0 Å². The van der Waals surface area contributed by atoms with E-state index in [9.17, 15) is 18.3 Å². The smallest absolute Gasteiger partial charge is 0.219 e. The Morgan fingerprint density at radius 2 is 1.89 bits per heavy atom. The molecule has 1 fully saturated rings. The van der Waals surface area contributed by atoms with Crippen LogP contribution in [0.4, 0.5) is 0 Å². The van der Waals surface area contributed by atoms with E-state index in [0.29, 0.717) is 13.1 Å². The minimum Gasteiger partial charge on any atom is -0.395 e. The fraction of sp³-hybridized carbons (Fsp3) is 0.550. The zero-order valence-corrected chi connectivity index (χ0v) is 17.3. The lowest BCUT2D eigenvalue weighted by Gasteiger charge is -2.54. The molecule has 3 atom stereocenters. The number of aliphatic hydroxyl groups excluding tert-OH is 1. The number of carbonyl (C=O) groups excluding carboxylic acids is 1. The molecule has 0 aliphatic carbocycles. The summed E-state index contributed by atoms with van der Waals surface area (Å²) in [5, 5.41) is 9.86. The molecule has 1 saturated heterocycles. The highest BCUT2D eigenvalue weighted by Crippen LogP contribution is 2.42. The molecule has 1 heterocycles. The summed E-state index contributed by atoms with van der Waals surface area (Å²) in [5.41, 5.74) is 2.04. The van der Waals surface area contributed by atoms with Crippen LogP contribution in [-0.4, -0.2) is 66.7 Å². The Balaban J connectivity index is 2.37. The normalized spacial score (nSPS) is 23.4. The van der Waals surface area contributed by atoms with Gasteiger partial charge in [0.15, 0.2) is 0 Å². The molecule has 1 aliphatic rings. The molecule has 1 aromatic carbocycles. The number of sulfonamides is 1. The summed E-state index contributed by atoms with van der Waals surface area (Å²) in [7, 11) is -3.50. The van der Waals surface area contributed by atoms with Crippen molar-refractivity contribution in [2.75, 3.05) is 26.0 Å². The lowest BCUT2D eigenvalue weighted by Crippen LogP contribution is -2.68. The van der Waals surface area contributed by atoms with Crippen LogP contribution in [0.25, 0.3) is 6.08 Å². The Kier molecular flexibility index (Phi) is 7.19. The van der Waals surface area contributed by atoms with E-state index in [0.717, 1.165) is 23.8 Å². The molecule has 0 radical (unpaired) electrons. The molecule has 6 nitrogen and oxygen atoms in total. The minimum absolute atomic E-state index is 0.0695. The van der Waals surface area contributed by atoms with Crippen LogP contribution in [-0.2, 0) is 14.8 Å². The lowest BCUT2D eigenvalue weighted by atomic mass is 9.77. The third-order valence-electron chi connectivity index (χ3n) is 5.08. The highest BCUT2D eigenvalue weighted by Gasteiger charge is 2.53. The molecule has 27 heavy (non-hydrogen) atoms. The Labute approximate surface area is 162 Å². The van der Waals surface area contributed by atoms with Gasteiger partial charge in [0.2, 0.25) is 15.9 Å². The second-order valence-electron chi connectivity index (χ2n) is 7.07. The molecule has 7 heteroatoms. The summed E-state index contributed by atoms with van der Waals surface area (Å²) >= 11 is 0. The number of amides is 1. The number of benzene rings is 1. The fourth-order valence-corrected chi connectivity index (χ4v) is 5.32. The molecule has 1 aliphatic heterocycles. The van der Waals surface area contributed by atoms with E-state index in [1.165, 1.54) is 11.2 Å². The summed E-state index contributed by atoms with van der Waals surface area (Å²) in [6.45, 7) is 6.10. The summed E-state index contributed by atoms with van der Waals surface area (Å²) < 4.78 is 26.0. The number of aliphatic hydroxyl groups is 1. The Bertz CT molecular complexity index is 774. The quantitative estimate of drug-likeness (QED) is 0.732. The third-order valence-corrected chi connectivity index (χ3v) is 6.39. The number of allylic oxidation sites excluding steroid dienone is 1. The van der Waals surface area contributed by atoms with Crippen molar-refractivity contribution in [3.05, 3.63) is 41.5 Å². The monoisotopic (exact) mass is 394 g/mol. The Morgan fingerprint density at radius 3 is 2.33 bits per heavy atom. The first-order valence-corrected chi connectivity index (χ1v) is 11.2. The third kappa shape index (κ3) is 4.78. The average Bonchev–Trinajstić information content (AvgIpc) is 2.57. The summed E-state index contributed by atoms with van der Waals surface area (Å²) in [5.74, 6) is -0.219. The zero-order chi connectivity index (χ0) is 20.2. The van der Waals surface area contributed by atoms with Crippen molar-refractivity contribution in [1.29, 1.82) is 0 Å². The van der Waals surface area contributed by atoms with Gasteiger partial charge in [-0.25, -0.2) is 8.42 Å². The molecule has 0 saturated carbocycles. The predicted octanol–water partition coefficient (Wildman–Crippen LogP) is 2.07. The summed E-state index contributed by atoms with van der Waals surface area (Å²) in [6.07, 6.45) is 5.91. The maximum atomic E-state index is 12.3. The van der Waals surface area contributed by atoms with Crippen molar-refractivity contribution in [1.82, 2.24) is 9.21 Å². The molecule has 0 unspecified atom stereocenters. The Hall–Kier alpha value is -1.70. The van der Waals surface area contributed by atoms with E-state index in [2.05, 4.69) is 0 Å². The van der Waals surface area contributed by atoms with Gasteiger partial charge in [0.25, 0.3) is 0 Å². The van der Waals surface area contributed by atoms with Crippen LogP contribution in [0.1, 0.15) is 44.2 Å². The van der Waals surface area contributed by atoms with Gasteiger partial charge in [-0.05, 0) is 24.5 Å². The zero-order valence-electron chi connectivity index (χ0n) is 16.5. The van der Waals surface area contributed by atoms with Gasteiger partial charge in [-0.2, -0.15) is 4.31 Å². The van der Waals surface area contributed by atoms with E-state index in [4.69, 9.17) is 0 Å². The maximum absolute atomic E-state index is 12.3. The first kappa shape index (κ1) is 21.6. The van der Waals surface area contributed by atoms with Crippen LogP contribution < -0.4 is 0 Å². The highest BCUT2D eigenvalue weighted by molar-refractivity contribution is 7.88. The minimum atomic E-state index is -3.50. The highest BCUT2D eigenvalue weighted by atomic mass is 32.2. The molecule has 150 valence electrons. The maximum Gasteiger partial charge on any atom is 0.219 e. The van der Waals surface area contributed by atoms with Gasteiger partial charge >= 0.3 is 0 Å². The fourth-order valence-electron chi connectivity index (χ4n) is 3.94. The second kappa shape index (κ2) is 8.99. The van der Waals surface area contributed by atoms with Crippen molar-refractivity contribution in [3.63, 3.8) is 0 Å². The van der Waals surface area contributed by atoms with Gasteiger partial charge in [-0.15, -0.1) is 0 Å². The van der Waals surface area contributed by atoms with Crippen molar-refractivity contribution < 1.29 is 18.3 Å². The number of hydrogen-bond donors (Lipinski definition) is 1. The van der Waals surface area contributed by atoms with E-state index in [-0.39, 0.29) is 24.5 Å². The molecule has 0 spiro atoms. The van der Waals surface area contributed by atoms with Crippen molar-refractivity contribution in [2.24, 2.45) is 0 Å². The van der Waals surface area contributed by atoms with E-state index in [1.54, 1.807) is 4.90 Å². The second-order valence-corrected chi connectivity index (χ2v) is 8.96. The average molecular weight is 395 g/mol. The van der Waals surface area contributed by atoms with Crippen LogP contribution in [0.5, 0.6) is 0 Å². The van der Waals surface area contributed by atoms with Crippen LogP contribution in [0.15, 0.2) is 30.3 Å². The molecule has 1 aromatic rings. The predicted molar refractivity (Wildman–Crippen MR) is 108 cm³/mol. The molecule has 2 rings (SSSR count). The number of nitrogens with zero attached hydrogens (tertiary/aromatic N) is 2. The van der Waals surface area contributed by atoms with Crippen molar-refractivity contribution in [3.8, 4) is 0 Å². The Morgan fingerprint density at radius 1 is 1.26 bits per heavy atom. The van der Waals surface area contributed by atoms with Gasteiger partial charge in [0.05, 0.1) is 24.9 Å². The van der Waals surface area contributed by atoms with Gasteiger partial charge < -0.3 is 10.0 Å². The number of hydrogen-bond acceptors (Lipinski definition) is 4. The van der Waals surface area contributed by atoms with E-state index >= 15 is 0 Å². The van der Waals surface area contributed by atoms with Gasteiger partial charge in [-0.1, -0.05) is 43.3 Å². The lowest BCUT2D eigenvalue weighted by molar-refractivity contribution is -0.130. The van der Waals surface area contributed by atoms with Crippen molar-refractivity contribution in [2.45, 2.75) is 45.2 Å². The number of rotatable bonds is 8.